The van der Waals surface area contributed by atoms with Crippen LogP contribution in [0.1, 0.15) is 43.0 Å². The molecule has 0 saturated heterocycles. The molecule has 2 atom stereocenters. The number of carbonyl (C=O) groups excluding carboxylic acids is 1. The highest BCUT2D eigenvalue weighted by Crippen LogP contribution is 2.26. The van der Waals surface area contributed by atoms with Gasteiger partial charge in [-0.2, -0.15) is 0 Å². The molecule has 23 heavy (non-hydrogen) atoms. The monoisotopic (exact) mass is 358 g/mol. The highest BCUT2D eigenvalue weighted by molar-refractivity contribution is 7.89. The molecule has 1 fully saturated rings. The van der Waals surface area contributed by atoms with Crippen molar-refractivity contribution in [1.29, 1.82) is 0 Å². The number of nitrogens with one attached hydrogen (secondary N) is 1. The Labute approximate surface area is 143 Å². The molecular weight excluding hydrogens is 336 g/mol. The van der Waals surface area contributed by atoms with Gasteiger partial charge < -0.3 is 5.32 Å². The van der Waals surface area contributed by atoms with Gasteiger partial charge in [0.15, 0.2) is 0 Å². The van der Waals surface area contributed by atoms with E-state index >= 15 is 0 Å². The summed E-state index contributed by atoms with van der Waals surface area (Å²) in [7, 11) is -0.821. The molecule has 0 radical (unpaired) electrons. The minimum Gasteiger partial charge on any atom is -0.349 e. The van der Waals surface area contributed by atoms with Crippen molar-refractivity contribution in [3.05, 3.63) is 28.8 Å². The Morgan fingerprint density at radius 2 is 1.91 bits per heavy atom. The van der Waals surface area contributed by atoms with Gasteiger partial charge in [-0.3, -0.25) is 4.79 Å². The van der Waals surface area contributed by atoms with Gasteiger partial charge in [0.05, 0.1) is 5.02 Å². The zero-order valence-electron chi connectivity index (χ0n) is 13.7. The summed E-state index contributed by atoms with van der Waals surface area (Å²) in [5.74, 6) is 0.181. The largest absolute Gasteiger partial charge is 0.349 e. The van der Waals surface area contributed by atoms with Crippen molar-refractivity contribution in [2.75, 3.05) is 14.1 Å². The normalized spacial score (nSPS) is 22.1. The summed E-state index contributed by atoms with van der Waals surface area (Å²) in [6.07, 6.45) is 4.37. The van der Waals surface area contributed by atoms with E-state index in [9.17, 15) is 13.2 Å². The Balaban J connectivity index is 2.25. The minimum absolute atomic E-state index is 0.0477. The van der Waals surface area contributed by atoms with Crippen molar-refractivity contribution in [1.82, 2.24) is 9.62 Å². The summed E-state index contributed by atoms with van der Waals surface area (Å²) in [4.78, 5) is 12.4. The average Bonchev–Trinajstić information content (AvgIpc) is 2.49. The van der Waals surface area contributed by atoms with E-state index in [1.807, 2.05) is 0 Å². The first-order valence-electron chi connectivity index (χ1n) is 7.76. The van der Waals surface area contributed by atoms with Crippen LogP contribution in [0, 0.1) is 5.92 Å². The van der Waals surface area contributed by atoms with Crippen LogP contribution in [0.2, 0.25) is 5.02 Å². The molecule has 128 valence electrons. The molecular formula is C16H23ClN2O3S. The number of amides is 1. The fraction of sp³-hybridized carbons (Fsp3) is 0.562. The maximum absolute atomic E-state index is 12.5. The first-order valence-corrected chi connectivity index (χ1v) is 9.58. The molecule has 1 aromatic rings. The standard InChI is InChI=1S/C16H23ClN2O3S/c1-11-6-4-5-7-14(11)18-16(20)12-8-9-13(17)15(10-12)23(21,22)19(2)3/h8-11,14H,4-7H2,1-3H3,(H,18,20)/t11-,14+/m1/s1. The van der Waals surface area contributed by atoms with Crippen LogP contribution in [-0.4, -0.2) is 38.8 Å². The SMILES string of the molecule is C[C@@H]1CCCC[C@@H]1NC(=O)c1ccc(Cl)c(S(=O)(=O)N(C)C)c1. The van der Waals surface area contributed by atoms with E-state index in [0.717, 1.165) is 23.6 Å². The van der Waals surface area contributed by atoms with Crippen molar-refractivity contribution >= 4 is 27.5 Å². The van der Waals surface area contributed by atoms with Gasteiger partial charge in [-0.25, -0.2) is 12.7 Å². The molecule has 1 saturated carbocycles. The van der Waals surface area contributed by atoms with Gasteiger partial charge in [0.1, 0.15) is 4.90 Å². The summed E-state index contributed by atoms with van der Waals surface area (Å²) in [5.41, 5.74) is 0.313. The first kappa shape index (κ1) is 18.2. The molecule has 0 aromatic heterocycles. The zero-order chi connectivity index (χ0) is 17.2. The summed E-state index contributed by atoms with van der Waals surface area (Å²) < 4.78 is 25.6. The Morgan fingerprint density at radius 1 is 1.26 bits per heavy atom. The maximum atomic E-state index is 12.5. The number of hydrogen-bond donors (Lipinski definition) is 1. The summed E-state index contributed by atoms with van der Waals surface area (Å²) >= 11 is 6.01. The van der Waals surface area contributed by atoms with Gasteiger partial charge >= 0.3 is 0 Å². The summed E-state index contributed by atoms with van der Waals surface area (Å²) in [5, 5.41) is 3.13. The van der Waals surface area contributed by atoms with Gasteiger partial charge in [-0.15, -0.1) is 0 Å². The lowest BCUT2D eigenvalue weighted by Crippen LogP contribution is -2.41. The van der Waals surface area contributed by atoms with Crippen molar-refractivity contribution in [3.63, 3.8) is 0 Å². The quantitative estimate of drug-likeness (QED) is 0.899. The van der Waals surface area contributed by atoms with Crippen LogP contribution >= 0.6 is 11.6 Å². The van der Waals surface area contributed by atoms with E-state index in [-0.39, 0.29) is 21.9 Å². The number of halogens is 1. The Morgan fingerprint density at radius 3 is 2.52 bits per heavy atom. The van der Waals surface area contributed by atoms with Crippen LogP contribution in [0.15, 0.2) is 23.1 Å². The van der Waals surface area contributed by atoms with Gasteiger partial charge in [0.25, 0.3) is 5.91 Å². The third-order valence-electron chi connectivity index (χ3n) is 4.38. The van der Waals surface area contributed by atoms with Crippen LogP contribution in [0.3, 0.4) is 0 Å². The van der Waals surface area contributed by atoms with E-state index in [2.05, 4.69) is 12.2 Å². The second-order valence-corrected chi connectivity index (χ2v) is 8.80. The third kappa shape index (κ3) is 4.05. The fourth-order valence-corrected chi connectivity index (χ4v) is 4.22. The molecule has 1 aromatic carbocycles. The fourth-order valence-electron chi connectivity index (χ4n) is 2.82. The number of hydrogen-bond acceptors (Lipinski definition) is 3. The topological polar surface area (TPSA) is 66.5 Å². The van der Waals surface area contributed by atoms with Crippen LogP contribution in [0.25, 0.3) is 0 Å². The molecule has 0 aliphatic heterocycles. The number of carbonyl (C=O) groups is 1. The maximum Gasteiger partial charge on any atom is 0.251 e. The lowest BCUT2D eigenvalue weighted by molar-refractivity contribution is 0.0910. The number of rotatable bonds is 4. The van der Waals surface area contributed by atoms with Gasteiger partial charge in [-0.05, 0) is 37.0 Å². The number of benzene rings is 1. The number of nitrogens with zero attached hydrogens (tertiary/aromatic N) is 1. The summed E-state index contributed by atoms with van der Waals surface area (Å²) in [6, 6.07) is 4.50. The molecule has 1 aliphatic rings. The first-order chi connectivity index (χ1) is 10.7. The Hall–Kier alpha value is -1.11. The van der Waals surface area contributed by atoms with Crippen molar-refractivity contribution in [2.45, 2.75) is 43.5 Å². The van der Waals surface area contributed by atoms with Crippen molar-refractivity contribution in [2.24, 2.45) is 5.92 Å². The lowest BCUT2D eigenvalue weighted by atomic mass is 9.86. The Kier molecular flexibility index (Phi) is 5.70. The van der Waals surface area contributed by atoms with Crippen molar-refractivity contribution in [3.8, 4) is 0 Å². The predicted octanol–water partition coefficient (Wildman–Crippen LogP) is 2.90. The molecule has 0 spiro atoms. The van der Waals surface area contributed by atoms with Gasteiger partial charge in [0.2, 0.25) is 10.0 Å². The smallest absolute Gasteiger partial charge is 0.251 e. The zero-order valence-corrected chi connectivity index (χ0v) is 15.2. The highest BCUT2D eigenvalue weighted by atomic mass is 35.5. The molecule has 0 bridgehead atoms. The molecule has 1 N–H and O–H groups in total. The van der Waals surface area contributed by atoms with Crippen LogP contribution in [0.5, 0.6) is 0 Å². The lowest BCUT2D eigenvalue weighted by Gasteiger charge is -2.29. The van der Waals surface area contributed by atoms with E-state index in [1.54, 1.807) is 6.07 Å². The predicted molar refractivity (Wildman–Crippen MR) is 91.2 cm³/mol. The van der Waals surface area contributed by atoms with Crippen molar-refractivity contribution < 1.29 is 13.2 Å². The molecule has 0 unspecified atom stereocenters. The van der Waals surface area contributed by atoms with Gasteiger partial charge in [-0.1, -0.05) is 31.4 Å². The van der Waals surface area contributed by atoms with Crippen LogP contribution in [-0.2, 0) is 10.0 Å². The summed E-state index contributed by atoms with van der Waals surface area (Å²) in [6.45, 7) is 2.13. The Bertz CT molecular complexity index is 689. The molecule has 2 rings (SSSR count). The van der Waals surface area contributed by atoms with Gasteiger partial charge in [0, 0.05) is 25.7 Å². The van der Waals surface area contributed by atoms with Crippen LogP contribution < -0.4 is 5.32 Å². The molecule has 1 amide bonds. The third-order valence-corrected chi connectivity index (χ3v) is 6.68. The molecule has 7 heteroatoms. The molecule has 5 nitrogen and oxygen atoms in total. The second-order valence-electron chi connectivity index (χ2n) is 6.27. The van der Waals surface area contributed by atoms with Crippen LogP contribution in [0.4, 0.5) is 0 Å². The van der Waals surface area contributed by atoms with E-state index in [4.69, 9.17) is 11.6 Å². The molecule has 0 heterocycles. The van der Waals surface area contributed by atoms with E-state index in [0.29, 0.717) is 11.5 Å². The highest BCUT2D eigenvalue weighted by Gasteiger charge is 2.25. The molecule has 1 aliphatic carbocycles. The minimum atomic E-state index is -3.69. The van der Waals surface area contributed by atoms with E-state index < -0.39 is 10.0 Å². The second kappa shape index (κ2) is 7.20. The van der Waals surface area contributed by atoms with E-state index in [1.165, 1.54) is 32.6 Å². The number of sulfonamides is 1. The average molecular weight is 359 g/mol.